The average Bonchev–Trinajstić information content (AvgIpc) is 3.49. The van der Waals surface area contributed by atoms with Crippen LogP contribution in [0.2, 0.25) is 0 Å². The maximum Gasteiger partial charge on any atom is 0.308 e. The maximum atomic E-state index is 13.7. The number of aromatic nitrogens is 1. The van der Waals surface area contributed by atoms with Crippen LogP contribution in [0.15, 0.2) is 58.4 Å². The molecule has 2 saturated carbocycles. The molecule has 170 valence electrons. The molecule has 33 heavy (non-hydrogen) atoms. The highest BCUT2D eigenvalue weighted by Gasteiger charge is 2.55. The minimum Gasteiger partial charge on any atom is -0.325 e. The topological polar surface area (TPSA) is 51.1 Å². The first-order valence-corrected chi connectivity index (χ1v) is 12.9. The summed E-state index contributed by atoms with van der Waals surface area (Å²) < 4.78 is 28.4. The highest BCUT2D eigenvalue weighted by molar-refractivity contribution is 8.00. The Kier molecular flexibility index (Phi) is 5.18. The van der Waals surface area contributed by atoms with Crippen molar-refractivity contribution >= 4 is 34.7 Å². The standard InChI is InChI=1S/C25H22F2N2O2S2/c26-16-5-3-13(4-6-16)20-21-14-1-2-15(11-14)22(21)32-24-23(20)33-25(31)29(24)12-19(30)28-18-9-7-17(27)8-10-18/h3-10,14-15,20-22H,1-2,11-12H2,(H,28,30)/t14-,15-,20-,21-,22+/m0/s1. The minimum absolute atomic E-state index is 0.0567. The van der Waals surface area contributed by atoms with Crippen LogP contribution in [-0.4, -0.2) is 15.7 Å². The Morgan fingerprint density at radius 1 is 1.00 bits per heavy atom. The molecule has 3 aromatic rings. The molecule has 1 aromatic heterocycles. The minimum atomic E-state index is -0.375. The summed E-state index contributed by atoms with van der Waals surface area (Å²) in [6, 6.07) is 12.2. The number of carbonyl (C=O) groups is 1. The van der Waals surface area contributed by atoms with E-state index >= 15 is 0 Å². The quantitative estimate of drug-likeness (QED) is 0.534. The van der Waals surface area contributed by atoms with E-state index in [9.17, 15) is 18.4 Å². The fourth-order valence-corrected chi connectivity index (χ4v) is 9.16. The Morgan fingerprint density at radius 3 is 2.39 bits per heavy atom. The second kappa shape index (κ2) is 8.09. The predicted molar refractivity (Wildman–Crippen MR) is 126 cm³/mol. The summed E-state index contributed by atoms with van der Waals surface area (Å²) in [4.78, 5) is 26.6. The van der Waals surface area contributed by atoms with E-state index in [0.717, 1.165) is 15.5 Å². The molecule has 1 amide bonds. The highest BCUT2D eigenvalue weighted by Crippen LogP contribution is 2.63. The zero-order valence-corrected chi connectivity index (χ0v) is 19.3. The van der Waals surface area contributed by atoms with Crippen molar-refractivity contribution < 1.29 is 13.6 Å². The van der Waals surface area contributed by atoms with Gasteiger partial charge in [-0.25, -0.2) is 8.78 Å². The summed E-state index contributed by atoms with van der Waals surface area (Å²) in [6.45, 7) is -0.0866. The molecule has 4 nitrogen and oxygen atoms in total. The van der Waals surface area contributed by atoms with E-state index in [0.29, 0.717) is 28.7 Å². The fourth-order valence-electron chi connectivity index (χ4n) is 6.01. The molecule has 0 spiro atoms. The lowest BCUT2D eigenvalue weighted by Gasteiger charge is -2.40. The number of rotatable bonds is 4. The van der Waals surface area contributed by atoms with Crippen LogP contribution in [-0.2, 0) is 11.3 Å². The van der Waals surface area contributed by atoms with E-state index in [1.165, 1.54) is 67.0 Å². The van der Waals surface area contributed by atoms with Crippen molar-refractivity contribution in [3.8, 4) is 0 Å². The highest BCUT2D eigenvalue weighted by atomic mass is 32.2. The van der Waals surface area contributed by atoms with Gasteiger partial charge in [-0.1, -0.05) is 23.5 Å². The summed E-state index contributed by atoms with van der Waals surface area (Å²) in [5.74, 6) is 0.781. The monoisotopic (exact) mass is 484 g/mol. The number of hydrogen-bond donors (Lipinski definition) is 1. The summed E-state index contributed by atoms with van der Waals surface area (Å²) in [5, 5.41) is 4.04. The number of halogens is 2. The lowest BCUT2D eigenvalue weighted by molar-refractivity contribution is -0.116. The number of anilines is 1. The third kappa shape index (κ3) is 3.64. The fraction of sp³-hybridized carbons (Fsp3) is 0.360. The second-order valence-corrected chi connectivity index (χ2v) is 11.4. The van der Waals surface area contributed by atoms with Crippen LogP contribution in [0.5, 0.6) is 0 Å². The van der Waals surface area contributed by atoms with E-state index in [2.05, 4.69) is 5.32 Å². The number of amides is 1. The Hall–Kier alpha value is -2.45. The van der Waals surface area contributed by atoms with Crippen molar-refractivity contribution in [2.75, 3.05) is 5.32 Å². The van der Waals surface area contributed by atoms with Crippen LogP contribution >= 0.6 is 23.1 Å². The molecule has 5 atom stereocenters. The zero-order chi connectivity index (χ0) is 22.7. The van der Waals surface area contributed by atoms with Crippen molar-refractivity contribution in [1.29, 1.82) is 0 Å². The summed E-state index contributed by atoms with van der Waals surface area (Å²) in [5.41, 5.74) is 1.54. The van der Waals surface area contributed by atoms with Crippen molar-refractivity contribution in [3.05, 3.63) is 80.3 Å². The molecule has 0 unspecified atom stereocenters. The molecule has 0 radical (unpaired) electrons. The first-order chi connectivity index (χ1) is 16.0. The third-order valence-electron chi connectivity index (χ3n) is 7.35. The summed E-state index contributed by atoms with van der Waals surface area (Å²) in [6.07, 6.45) is 3.64. The smallest absolute Gasteiger partial charge is 0.308 e. The average molecular weight is 485 g/mol. The number of fused-ring (bicyclic) bond motifs is 6. The van der Waals surface area contributed by atoms with Gasteiger partial charge in [0, 0.05) is 21.7 Å². The zero-order valence-electron chi connectivity index (χ0n) is 17.7. The van der Waals surface area contributed by atoms with Gasteiger partial charge in [0.2, 0.25) is 5.91 Å². The van der Waals surface area contributed by atoms with E-state index < -0.39 is 0 Å². The molecular formula is C25H22F2N2O2S2. The molecule has 0 saturated heterocycles. The van der Waals surface area contributed by atoms with Gasteiger partial charge in [0.25, 0.3) is 0 Å². The Labute approximate surface area is 198 Å². The van der Waals surface area contributed by atoms with Gasteiger partial charge in [-0.05, 0) is 79.0 Å². The van der Waals surface area contributed by atoms with Gasteiger partial charge in [0.1, 0.15) is 18.2 Å². The number of nitrogens with one attached hydrogen (secondary N) is 1. The molecule has 8 heteroatoms. The van der Waals surface area contributed by atoms with Crippen LogP contribution in [0.25, 0.3) is 0 Å². The normalized spacial score (nSPS) is 27.3. The SMILES string of the molecule is O=C(Cn1c2c(sc1=O)[C@@H](c1ccc(F)cc1)[C@@H]1[C@H]3CC[C@@H](C3)[C@H]1S2)Nc1ccc(F)cc1. The lowest BCUT2D eigenvalue weighted by Crippen LogP contribution is -2.34. The Bertz CT molecular complexity index is 1270. The number of carbonyl (C=O) groups excluding carboxylic acids is 1. The second-order valence-electron chi connectivity index (χ2n) is 9.20. The summed E-state index contributed by atoms with van der Waals surface area (Å²) >= 11 is 2.97. The molecule has 2 bridgehead atoms. The van der Waals surface area contributed by atoms with Gasteiger partial charge in [-0.3, -0.25) is 14.2 Å². The molecule has 1 aliphatic heterocycles. The van der Waals surface area contributed by atoms with E-state index in [-0.39, 0.29) is 34.9 Å². The Morgan fingerprint density at radius 2 is 1.67 bits per heavy atom. The molecule has 3 aliphatic rings. The van der Waals surface area contributed by atoms with Crippen molar-refractivity contribution in [2.45, 2.75) is 42.0 Å². The summed E-state index contributed by atoms with van der Waals surface area (Å²) in [7, 11) is 0. The van der Waals surface area contributed by atoms with Gasteiger partial charge in [-0.15, -0.1) is 11.8 Å². The van der Waals surface area contributed by atoms with Gasteiger partial charge in [-0.2, -0.15) is 0 Å². The molecule has 2 aliphatic carbocycles. The lowest BCUT2D eigenvalue weighted by atomic mass is 9.75. The molecule has 2 heterocycles. The number of thiazole rings is 1. The maximum absolute atomic E-state index is 13.7. The van der Waals surface area contributed by atoms with Crippen LogP contribution in [0.1, 0.15) is 35.6 Å². The van der Waals surface area contributed by atoms with Crippen LogP contribution in [0.3, 0.4) is 0 Å². The van der Waals surface area contributed by atoms with E-state index in [1.807, 2.05) is 12.1 Å². The first kappa shape index (κ1) is 21.1. The predicted octanol–water partition coefficient (Wildman–Crippen LogP) is 5.48. The van der Waals surface area contributed by atoms with Crippen LogP contribution < -0.4 is 10.2 Å². The number of nitrogens with zero attached hydrogens (tertiary/aromatic N) is 1. The van der Waals surface area contributed by atoms with Crippen LogP contribution in [0.4, 0.5) is 14.5 Å². The number of thioether (sulfide) groups is 1. The largest absolute Gasteiger partial charge is 0.325 e. The number of benzene rings is 2. The van der Waals surface area contributed by atoms with E-state index in [1.54, 1.807) is 16.3 Å². The van der Waals surface area contributed by atoms with Crippen molar-refractivity contribution in [3.63, 3.8) is 0 Å². The molecule has 2 aromatic carbocycles. The first-order valence-electron chi connectivity index (χ1n) is 11.2. The van der Waals surface area contributed by atoms with Crippen molar-refractivity contribution in [2.24, 2.45) is 17.8 Å². The molecule has 1 N–H and O–H groups in total. The van der Waals surface area contributed by atoms with Gasteiger partial charge in [0.05, 0.1) is 5.03 Å². The van der Waals surface area contributed by atoms with Gasteiger partial charge in [0.15, 0.2) is 0 Å². The van der Waals surface area contributed by atoms with E-state index in [4.69, 9.17) is 0 Å². The Balaban J connectivity index is 1.36. The van der Waals surface area contributed by atoms with Crippen molar-refractivity contribution in [1.82, 2.24) is 4.57 Å². The number of hydrogen-bond acceptors (Lipinski definition) is 4. The third-order valence-corrected chi connectivity index (χ3v) is 10.2. The molecular weight excluding hydrogens is 462 g/mol. The van der Waals surface area contributed by atoms with Gasteiger partial charge >= 0.3 is 4.87 Å². The molecule has 2 fully saturated rings. The van der Waals surface area contributed by atoms with Crippen LogP contribution in [0, 0.1) is 29.4 Å². The van der Waals surface area contributed by atoms with Gasteiger partial charge < -0.3 is 5.32 Å². The molecule has 6 rings (SSSR count).